The highest BCUT2D eigenvalue weighted by Gasteiger charge is 2.35. The monoisotopic (exact) mass is 572 g/mol. The minimum Gasteiger partial charge on any atom is -0.462 e. The lowest BCUT2D eigenvalue weighted by atomic mass is 9.99. The van der Waals surface area contributed by atoms with Gasteiger partial charge in [0.05, 0.1) is 35.8 Å². The Morgan fingerprint density at radius 2 is 2.14 bits per heavy atom. The predicted molar refractivity (Wildman–Crippen MR) is 155 cm³/mol. The standard InChI is InChI=1S/C30H33FN8O3/c1-18-6-8-24-23(15-33-36-24)26(18)25-9-7-22-27(38-13-14-39(29(40)19(2)31)20(16-38)10-11-32)34-30(35-28(22)42-25)41-17-21-5-4-12-37(21)3/h6,8-9,15,20-21H,2,4-5,7,10,12-14,16-17H2,1,3H3,(H,33,36)/t20-,21-/m0/s1. The van der Waals surface area contributed by atoms with E-state index in [0.29, 0.717) is 43.6 Å². The molecule has 2 fully saturated rings. The number of carbonyl (C=O) groups is 1. The van der Waals surface area contributed by atoms with Crippen molar-refractivity contribution in [1.82, 2.24) is 30.0 Å². The van der Waals surface area contributed by atoms with Gasteiger partial charge in [0.15, 0.2) is 5.83 Å². The van der Waals surface area contributed by atoms with E-state index in [0.717, 1.165) is 47.0 Å². The maximum atomic E-state index is 13.8. The van der Waals surface area contributed by atoms with Gasteiger partial charge < -0.3 is 24.2 Å². The molecule has 12 heteroatoms. The van der Waals surface area contributed by atoms with Crippen molar-refractivity contribution in [3.8, 4) is 18.0 Å². The first kappa shape index (κ1) is 27.7. The van der Waals surface area contributed by atoms with Gasteiger partial charge in [0, 0.05) is 43.0 Å². The van der Waals surface area contributed by atoms with E-state index < -0.39 is 17.8 Å². The number of nitriles is 1. The Kier molecular flexibility index (Phi) is 7.51. The molecule has 3 aromatic rings. The van der Waals surface area contributed by atoms with Crippen molar-refractivity contribution in [1.29, 1.82) is 5.26 Å². The Bertz CT molecular complexity index is 1610. The third-order valence-corrected chi connectivity index (χ3v) is 8.38. The lowest BCUT2D eigenvalue weighted by molar-refractivity contribution is -0.131. The number of H-pyrrole nitrogens is 1. The number of fused-ring (bicyclic) bond motifs is 2. The summed E-state index contributed by atoms with van der Waals surface area (Å²) in [4.78, 5) is 27.6. The normalized spacial score (nSPS) is 20.6. The molecule has 2 aromatic heterocycles. The number of allylic oxidation sites excluding steroid dienone is 1. The van der Waals surface area contributed by atoms with Crippen LogP contribution in [0.2, 0.25) is 0 Å². The topological polar surface area (TPSA) is 124 Å². The molecule has 0 unspecified atom stereocenters. The molecule has 218 valence electrons. The molecule has 3 aliphatic rings. The van der Waals surface area contributed by atoms with Crippen LogP contribution in [0.3, 0.4) is 0 Å². The van der Waals surface area contributed by atoms with Gasteiger partial charge in [-0.3, -0.25) is 9.89 Å². The Labute approximate surface area is 243 Å². The second-order valence-electron chi connectivity index (χ2n) is 11.0. The van der Waals surface area contributed by atoms with E-state index in [9.17, 15) is 14.4 Å². The molecular weight excluding hydrogens is 539 g/mol. The first-order chi connectivity index (χ1) is 20.3. The summed E-state index contributed by atoms with van der Waals surface area (Å²) in [5.41, 5.74) is 3.68. The second kappa shape index (κ2) is 11.4. The van der Waals surface area contributed by atoms with Gasteiger partial charge in [0.2, 0.25) is 5.88 Å². The van der Waals surface area contributed by atoms with E-state index in [1.807, 2.05) is 30.0 Å². The summed E-state index contributed by atoms with van der Waals surface area (Å²) in [5, 5.41) is 17.6. The van der Waals surface area contributed by atoms with Gasteiger partial charge in [0.25, 0.3) is 5.91 Å². The van der Waals surface area contributed by atoms with Crippen LogP contribution in [0, 0.1) is 18.3 Å². The predicted octanol–water partition coefficient (Wildman–Crippen LogP) is 3.52. The summed E-state index contributed by atoms with van der Waals surface area (Å²) < 4.78 is 26.4. The van der Waals surface area contributed by atoms with Gasteiger partial charge in [-0.2, -0.15) is 20.3 Å². The van der Waals surface area contributed by atoms with Crippen LogP contribution in [0.4, 0.5) is 10.2 Å². The number of halogens is 1. The third kappa shape index (κ3) is 5.16. The highest BCUT2D eigenvalue weighted by molar-refractivity contribution is 5.92. The van der Waals surface area contributed by atoms with Crippen LogP contribution in [0.25, 0.3) is 16.7 Å². The number of piperazine rings is 1. The fourth-order valence-corrected chi connectivity index (χ4v) is 6.08. The van der Waals surface area contributed by atoms with Crippen LogP contribution in [0.15, 0.2) is 36.8 Å². The molecule has 0 saturated carbocycles. The fraction of sp³-hybridized carbons (Fsp3) is 0.433. The molecule has 3 aliphatic heterocycles. The van der Waals surface area contributed by atoms with E-state index in [1.54, 1.807) is 6.20 Å². The van der Waals surface area contributed by atoms with Gasteiger partial charge in [-0.05, 0) is 51.1 Å². The average molecular weight is 573 g/mol. The number of ether oxygens (including phenoxy) is 2. The summed E-state index contributed by atoms with van der Waals surface area (Å²) >= 11 is 0. The largest absolute Gasteiger partial charge is 0.462 e. The van der Waals surface area contributed by atoms with E-state index >= 15 is 0 Å². The zero-order valence-electron chi connectivity index (χ0n) is 23.8. The number of nitrogens with one attached hydrogen (secondary N) is 1. The van der Waals surface area contributed by atoms with Crippen molar-refractivity contribution in [2.24, 2.45) is 0 Å². The molecule has 1 aromatic carbocycles. The fourth-order valence-electron chi connectivity index (χ4n) is 6.08. The zero-order valence-corrected chi connectivity index (χ0v) is 23.8. The van der Waals surface area contributed by atoms with Crippen LogP contribution >= 0.6 is 0 Å². The Balaban J connectivity index is 1.35. The number of hydrogen-bond donors (Lipinski definition) is 1. The minimum atomic E-state index is -1.03. The van der Waals surface area contributed by atoms with Crippen molar-refractivity contribution in [2.75, 3.05) is 44.7 Å². The first-order valence-corrected chi connectivity index (χ1v) is 14.2. The van der Waals surface area contributed by atoms with Crippen molar-refractivity contribution in [2.45, 2.75) is 44.7 Å². The van der Waals surface area contributed by atoms with Crippen LogP contribution < -0.4 is 14.4 Å². The van der Waals surface area contributed by atoms with Crippen LogP contribution in [0.5, 0.6) is 11.9 Å². The SMILES string of the molecule is C=C(F)C(=O)N1CCN(c2nc(OC[C@@H]3CCCN3C)nc3c2CC=C(c2c(C)ccc4[nH]ncc24)O3)C[C@@H]1CC#N. The van der Waals surface area contributed by atoms with E-state index in [2.05, 4.69) is 34.8 Å². The summed E-state index contributed by atoms with van der Waals surface area (Å²) in [6.07, 6.45) is 6.51. The molecule has 5 heterocycles. The number of aryl methyl sites for hydroxylation is 1. The first-order valence-electron chi connectivity index (χ1n) is 14.2. The number of likely N-dealkylation sites (tertiary alicyclic amines) is 1. The van der Waals surface area contributed by atoms with E-state index in [1.165, 1.54) is 4.90 Å². The number of rotatable bonds is 7. The van der Waals surface area contributed by atoms with Gasteiger partial charge >= 0.3 is 6.01 Å². The van der Waals surface area contributed by atoms with Crippen molar-refractivity contribution >= 4 is 28.4 Å². The molecule has 1 amide bonds. The molecule has 11 nitrogen and oxygen atoms in total. The smallest absolute Gasteiger partial charge is 0.321 e. The number of carbonyl (C=O) groups excluding carboxylic acids is 1. The summed E-state index contributed by atoms with van der Waals surface area (Å²) in [5.74, 6) is -0.120. The Hall–Kier alpha value is -4.50. The quantitative estimate of drug-likeness (QED) is 0.424. The number of amides is 1. The molecule has 0 spiro atoms. The van der Waals surface area contributed by atoms with Crippen LogP contribution in [0.1, 0.15) is 36.0 Å². The highest BCUT2D eigenvalue weighted by Crippen LogP contribution is 2.39. The minimum absolute atomic E-state index is 0.0503. The number of nitrogens with zero attached hydrogens (tertiary/aromatic N) is 7. The molecular formula is C30H33FN8O3. The second-order valence-corrected chi connectivity index (χ2v) is 11.0. The molecule has 0 aliphatic carbocycles. The van der Waals surface area contributed by atoms with Crippen LogP contribution in [-0.2, 0) is 11.2 Å². The highest BCUT2D eigenvalue weighted by atomic mass is 19.1. The third-order valence-electron chi connectivity index (χ3n) is 8.38. The molecule has 1 N–H and O–H groups in total. The number of hydrogen-bond acceptors (Lipinski definition) is 9. The van der Waals surface area contributed by atoms with Gasteiger partial charge in [-0.1, -0.05) is 12.6 Å². The molecule has 2 atom stereocenters. The van der Waals surface area contributed by atoms with Gasteiger partial charge in [-0.25, -0.2) is 4.39 Å². The lowest BCUT2D eigenvalue weighted by Crippen LogP contribution is -2.55. The van der Waals surface area contributed by atoms with Gasteiger partial charge in [0.1, 0.15) is 18.2 Å². The van der Waals surface area contributed by atoms with Crippen molar-refractivity contribution in [3.05, 3.63) is 53.5 Å². The zero-order chi connectivity index (χ0) is 29.4. The number of aromatic amines is 1. The Morgan fingerprint density at radius 3 is 2.90 bits per heavy atom. The average Bonchev–Trinajstić information content (AvgIpc) is 3.63. The molecule has 0 radical (unpaired) electrons. The number of benzene rings is 1. The summed E-state index contributed by atoms with van der Waals surface area (Å²) in [6, 6.07) is 6.09. The molecule has 0 bridgehead atoms. The summed E-state index contributed by atoms with van der Waals surface area (Å²) in [6.45, 7) is 7.57. The Morgan fingerprint density at radius 1 is 1.29 bits per heavy atom. The number of aromatic nitrogens is 4. The molecule has 2 saturated heterocycles. The van der Waals surface area contributed by atoms with Crippen molar-refractivity contribution in [3.63, 3.8) is 0 Å². The maximum absolute atomic E-state index is 13.8. The van der Waals surface area contributed by atoms with Crippen molar-refractivity contribution < 1.29 is 18.7 Å². The van der Waals surface area contributed by atoms with E-state index in [-0.39, 0.29) is 25.0 Å². The molecule has 6 rings (SSSR count). The van der Waals surface area contributed by atoms with E-state index in [4.69, 9.17) is 19.4 Å². The maximum Gasteiger partial charge on any atom is 0.321 e. The van der Waals surface area contributed by atoms with Crippen LogP contribution in [-0.4, -0.2) is 87.8 Å². The summed E-state index contributed by atoms with van der Waals surface area (Å²) in [7, 11) is 2.08. The number of likely N-dealkylation sites (N-methyl/N-ethyl adjacent to an activating group) is 1. The number of anilines is 1. The van der Waals surface area contributed by atoms with Gasteiger partial charge in [-0.15, -0.1) is 0 Å². The lowest BCUT2D eigenvalue weighted by Gasteiger charge is -2.41. The molecule has 42 heavy (non-hydrogen) atoms.